The van der Waals surface area contributed by atoms with Crippen LogP contribution in [0.4, 0.5) is 15.9 Å². The number of anilines is 2. The van der Waals surface area contributed by atoms with Gasteiger partial charge in [-0.3, -0.25) is 4.90 Å². The predicted molar refractivity (Wildman–Crippen MR) is 190 cm³/mol. The van der Waals surface area contributed by atoms with Crippen molar-refractivity contribution in [3.05, 3.63) is 124 Å². The molecule has 4 aromatic carbocycles. The van der Waals surface area contributed by atoms with Crippen LogP contribution in [0, 0.1) is 5.82 Å². The molecule has 0 amide bonds. The summed E-state index contributed by atoms with van der Waals surface area (Å²) in [7, 11) is -1.44. The highest BCUT2D eigenvalue weighted by atomic mass is 35.5. The van der Waals surface area contributed by atoms with E-state index in [9.17, 15) is 12.8 Å². The van der Waals surface area contributed by atoms with Crippen LogP contribution in [0.2, 0.25) is 5.02 Å². The largest absolute Gasteiger partial charge is 0.487 e. The zero-order chi connectivity index (χ0) is 33.7. The summed E-state index contributed by atoms with van der Waals surface area (Å²) in [5.74, 6) is 0.792. The number of ether oxygens (including phenoxy) is 1. The Morgan fingerprint density at radius 1 is 1.00 bits per heavy atom. The Balaban J connectivity index is 1.16. The zero-order valence-electron chi connectivity index (χ0n) is 26.3. The van der Waals surface area contributed by atoms with E-state index in [1.807, 2.05) is 42.8 Å². The van der Waals surface area contributed by atoms with Crippen molar-refractivity contribution in [2.45, 2.75) is 30.9 Å². The molecule has 6 aromatic rings. The molecule has 0 fully saturated rings. The number of sulfone groups is 1. The summed E-state index contributed by atoms with van der Waals surface area (Å²) < 4.78 is 45.1. The van der Waals surface area contributed by atoms with E-state index < -0.39 is 9.84 Å². The smallest absolute Gasteiger partial charge is 0.179 e. The predicted octanol–water partition coefficient (Wildman–Crippen LogP) is 8.73. The van der Waals surface area contributed by atoms with Gasteiger partial charge >= 0.3 is 0 Å². The lowest BCUT2D eigenvalue weighted by Crippen LogP contribution is -2.29. The first-order chi connectivity index (χ1) is 23.2. The number of nitrogens with zero attached hydrogens (tertiary/aromatic N) is 4. The molecular weight excluding hydrogens is 669 g/mol. The van der Waals surface area contributed by atoms with Gasteiger partial charge in [-0.1, -0.05) is 54.9 Å². The summed E-state index contributed by atoms with van der Waals surface area (Å²) in [4.78, 5) is 16.3. The highest BCUT2D eigenvalue weighted by Crippen LogP contribution is 2.34. The summed E-state index contributed by atoms with van der Waals surface area (Å²) in [6, 6.07) is 26.0. The molecule has 0 saturated carbocycles. The Bertz CT molecular complexity index is 2150. The molecule has 0 bridgehead atoms. The molecule has 0 radical (unpaired) electrons. The normalized spacial score (nSPS) is 12.4. The molecule has 1 atom stereocenters. The van der Waals surface area contributed by atoms with Crippen LogP contribution in [-0.4, -0.2) is 47.6 Å². The quantitative estimate of drug-likeness (QED) is 0.128. The standard InChI is InChI=1S/C36H33ClFN5O3S2/c1-3-33(43(2)16-17-48(44,45)28-10-5-4-6-11-28)36-42-32(22-47-36)25-12-14-31-29(19-25)35(40-23-39-31)41-27-13-15-34(30(37)20-27)46-21-24-8-7-9-26(38)18-24/h4-15,18-20,22-23,33H,3,16-17,21H2,1-2H3,(H,39,40,41). The second-order valence-electron chi connectivity index (χ2n) is 11.3. The Hall–Kier alpha value is -4.42. The van der Waals surface area contributed by atoms with Crippen LogP contribution in [0.3, 0.4) is 0 Å². The molecule has 0 aliphatic carbocycles. The lowest BCUT2D eigenvalue weighted by Gasteiger charge is -2.25. The van der Waals surface area contributed by atoms with Crippen molar-refractivity contribution >= 4 is 55.2 Å². The third-order valence-electron chi connectivity index (χ3n) is 7.95. The molecule has 2 aromatic heterocycles. The molecule has 12 heteroatoms. The average molecular weight is 702 g/mol. The van der Waals surface area contributed by atoms with Gasteiger partial charge in [0.05, 0.1) is 32.9 Å². The molecule has 6 rings (SSSR count). The van der Waals surface area contributed by atoms with E-state index in [2.05, 4.69) is 27.1 Å². The van der Waals surface area contributed by atoms with E-state index in [1.165, 1.54) is 18.5 Å². The molecule has 8 nitrogen and oxygen atoms in total. The van der Waals surface area contributed by atoms with Crippen LogP contribution in [0.5, 0.6) is 5.75 Å². The Morgan fingerprint density at radius 3 is 2.60 bits per heavy atom. The summed E-state index contributed by atoms with van der Waals surface area (Å²) in [6.07, 6.45) is 2.29. The number of nitrogens with one attached hydrogen (secondary N) is 1. The van der Waals surface area contributed by atoms with Gasteiger partial charge in [0.25, 0.3) is 0 Å². The van der Waals surface area contributed by atoms with E-state index in [-0.39, 0.29) is 24.2 Å². The molecule has 0 spiro atoms. The number of aromatic nitrogens is 3. The fraction of sp³-hybridized carbons (Fsp3) is 0.194. The number of thiazole rings is 1. The number of fused-ring (bicyclic) bond motifs is 1. The molecule has 0 aliphatic rings. The summed E-state index contributed by atoms with van der Waals surface area (Å²) in [5, 5.41) is 7.50. The SMILES string of the molecule is CCC(c1nc(-c2ccc3ncnc(Nc4ccc(OCc5cccc(F)c5)c(Cl)c4)c3c2)cs1)N(C)CCS(=O)(=O)c1ccccc1. The van der Waals surface area contributed by atoms with Crippen molar-refractivity contribution in [1.29, 1.82) is 0 Å². The monoisotopic (exact) mass is 701 g/mol. The third-order valence-corrected chi connectivity index (χ3v) is 10.9. The van der Waals surface area contributed by atoms with E-state index in [4.69, 9.17) is 21.3 Å². The molecule has 0 saturated heterocycles. The van der Waals surface area contributed by atoms with E-state index in [0.717, 1.165) is 33.6 Å². The van der Waals surface area contributed by atoms with Gasteiger partial charge in [-0.2, -0.15) is 0 Å². The van der Waals surface area contributed by atoms with Gasteiger partial charge in [0.1, 0.15) is 35.3 Å². The number of halogens is 2. The summed E-state index contributed by atoms with van der Waals surface area (Å²) in [6.45, 7) is 2.65. The minimum atomic E-state index is -3.39. The van der Waals surface area contributed by atoms with Crippen molar-refractivity contribution in [1.82, 2.24) is 19.9 Å². The lowest BCUT2D eigenvalue weighted by molar-refractivity contribution is 0.251. The van der Waals surface area contributed by atoms with Crippen molar-refractivity contribution in [2.75, 3.05) is 24.7 Å². The molecular formula is C36H33ClFN5O3S2. The van der Waals surface area contributed by atoms with Crippen LogP contribution < -0.4 is 10.1 Å². The van der Waals surface area contributed by atoms with Crippen molar-refractivity contribution < 1.29 is 17.5 Å². The molecule has 246 valence electrons. The number of hydrogen-bond acceptors (Lipinski definition) is 9. The lowest BCUT2D eigenvalue weighted by atomic mass is 10.1. The molecule has 1 N–H and O–H groups in total. The highest BCUT2D eigenvalue weighted by molar-refractivity contribution is 7.91. The van der Waals surface area contributed by atoms with Gasteiger partial charge in [0.2, 0.25) is 0 Å². The second kappa shape index (κ2) is 14.8. The first kappa shape index (κ1) is 33.5. The molecule has 2 heterocycles. The minimum absolute atomic E-state index is 0.0264. The topological polar surface area (TPSA) is 97.3 Å². The number of benzene rings is 4. The maximum atomic E-state index is 13.5. The Morgan fingerprint density at radius 2 is 1.83 bits per heavy atom. The van der Waals surface area contributed by atoms with Crippen LogP contribution in [-0.2, 0) is 16.4 Å². The maximum absolute atomic E-state index is 13.5. The minimum Gasteiger partial charge on any atom is -0.487 e. The van der Waals surface area contributed by atoms with E-state index >= 15 is 0 Å². The van der Waals surface area contributed by atoms with Crippen LogP contribution >= 0.6 is 22.9 Å². The van der Waals surface area contributed by atoms with Crippen molar-refractivity contribution in [3.63, 3.8) is 0 Å². The average Bonchev–Trinajstić information content (AvgIpc) is 3.58. The van der Waals surface area contributed by atoms with Crippen molar-refractivity contribution in [3.8, 4) is 17.0 Å². The Labute approximate surface area is 288 Å². The van der Waals surface area contributed by atoms with E-state index in [0.29, 0.717) is 39.3 Å². The maximum Gasteiger partial charge on any atom is 0.179 e. The van der Waals surface area contributed by atoms with Crippen LogP contribution in [0.25, 0.3) is 22.2 Å². The van der Waals surface area contributed by atoms with Gasteiger partial charge in [0.15, 0.2) is 9.84 Å². The van der Waals surface area contributed by atoms with Crippen LogP contribution in [0.15, 0.2) is 108 Å². The molecule has 1 unspecified atom stereocenters. The van der Waals surface area contributed by atoms with Gasteiger partial charge in [-0.15, -0.1) is 11.3 Å². The van der Waals surface area contributed by atoms with Gasteiger partial charge in [0, 0.05) is 28.6 Å². The fourth-order valence-electron chi connectivity index (χ4n) is 5.35. The summed E-state index contributed by atoms with van der Waals surface area (Å²) >= 11 is 8.10. The molecule has 0 aliphatic heterocycles. The highest BCUT2D eigenvalue weighted by Gasteiger charge is 2.22. The molecule has 48 heavy (non-hydrogen) atoms. The first-order valence-electron chi connectivity index (χ1n) is 15.3. The number of rotatable bonds is 13. The van der Waals surface area contributed by atoms with Gasteiger partial charge < -0.3 is 10.1 Å². The zero-order valence-corrected chi connectivity index (χ0v) is 28.7. The fourth-order valence-corrected chi connectivity index (χ4v) is 8.00. The van der Waals surface area contributed by atoms with Gasteiger partial charge in [-0.25, -0.2) is 27.8 Å². The summed E-state index contributed by atoms with van der Waals surface area (Å²) in [5.41, 5.74) is 3.90. The van der Waals surface area contributed by atoms with Crippen molar-refractivity contribution in [2.24, 2.45) is 0 Å². The first-order valence-corrected chi connectivity index (χ1v) is 18.2. The number of hydrogen-bond donors (Lipinski definition) is 1. The van der Waals surface area contributed by atoms with E-state index in [1.54, 1.807) is 59.9 Å². The second-order valence-corrected chi connectivity index (χ2v) is 14.7. The van der Waals surface area contributed by atoms with Crippen LogP contribution in [0.1, 0.15) is 30.0 Å². The van der Waals surface area contributed by atoms with Gasteiger partial charge in [-0.05, 0) is 73.6 Å². The third kappa shape index (κ3) is 7.82. The Kier molecular flexibility index (Phi) is 10.3.